The fraction of sp³-hybridized carbons (Fsp3) is 0.286. The van der Waals surface area contributed by atoms with Crippen LogP contribution in [0.4, 0.5) is 28.9 Å². The van der Waals surface area contributed by atoms with Gasteiger partial charge >= 0.3 is 0 Å². The van der Waals surface area contributed by atoms with E-state index in [9.17, 15) is 27.2 Å². The number of rotatable bonds is 8. The summed E-state index contributed by atoms with van der Waals surface area (Å²) in [7, 11) is 3.24. The molecule has 2 amide bonds. The molecule has 0 radical (unpaired) electrons. The Kier molecular flexibility index (Phi) is 6.63. The first-order valence-corrected chi connectivity index (χ1v) is 10.4. The molecule has 0 spiro atoms. The van der Waals surface area contributed by atoms with Crippen molar-refractivity contribution in [3.05, 3.63) is 64.9 Å². The predicted molar refractivity (Wildman–Crippen MR) is 117 cm³/mol. The lowest BCUT2D eigenvalue weighted by atomic mass is 10.3. The molecule has 0 bridgehead atoms. The molecule has 15 heteroatoms. The maximum Gasteiger partial charge on any atom is 0.291 e. The third-order valence-corrected chi connectivity index (χ3v) is 5.35. The topological polar surface area (TPSA) is 125 Å². The Morgan fingerprint density at radius 3 is 2.28 bits per heavy atom. The molecule has 4 heterocycles. The van der Waals surface area contributed by atoms with Gasteiger partial charge in [0.2, 0.25) is 0 Å². The first-order valence-electron chi connectivity index (χ1n) is 10.4. The molecule has 0 aliphatic heterocycles. The second-order valence-corrected chi connectivity index (χ2v) is 7.73. The van der Waals surface area contributed by atoms with Gasteiger partial charge in [-0.1, -0.05) is 0 Å². The van der Waals surface area contributed by atoms with Crippen molar-refractivity contribution < 1.29 is 31.6 Å². The zero-order chi connectivity index (χ0) is 26.1. The lowest BCUT2D eigenvalue weighted by molar-refractivity contribution is 0.0994. The number of carbonyl (C=O) groups excluding carboxylic acids is 2. The van der Waals surface area contributed by atoms with Gasteiger partial charge in [0.25, 0.3) is 24.7 Å². The number of carbonyl (C=O) groups is 2. The SMILES string of the molecule is Cc1c(NC(=O)c2c(NC(=O)c3ccc(Cn4nc(C(F)F)cc4C(F)F)o3)cnn2C)cnn1C. The molecule has 190 valence electrons. The molecular formula is C21H20F4N8O3. The predicted octanol–water partition coefficient (Wildman–Crippen LogP) is 3.68. The molecule has 0 saturated heterocycles. The summed E-state index contributed by atoms with van der Waals surface area (Å²) < 4.78 is 61.1. The minimum Gasteiger partial charge on any atom is -0.454 e. The number of furan rings is 1. The number of anilines is 2. The van der Waals surface area contributed by atoms with Crippen molar-refractivity contribution in [1.82, 2.24) is 29.3 Å². The molecule has 0 aliphatic rings. The van der Waals surface area contributed by atoms with Gasteiger partial charge in [0.05, 0.1) is 36.0 Å². The maximum atomic E-state index is 13.2. The number of nitrogens with zero attached hydrogens (tertiary/aromatic N) is 6. The van der Waals surface area contributed by atoms with Crippen LogP contribution in [-0.2, 0) is 20.6 Å². The van der Waals surface area contributed by atoms with Crippen LogP contribution in [0, 0.1) is 6.92 Å². The molecule has 4 aromatic heterocycles. The Morgan fingerprint density at radius 1 is 0.972 bits per heavy atom. The minimum atomic E-state index is -3.03. The third kappa shape index (κ3) is 4.85. The molecule has 0 fully saturated rings. The normalized spacial score (nSPS) is 11.5. The highest BCUT2D eigenvalue weighted by molar-refractivity contribution is 6.11. The molecular weight excluding hydrogens is 488 g/mol. The average molecular weight is 508 g/mol. The summed E-state index contributed by atoms with van der Waals surface area (Å²) in [5.41, 5.74) is -0.161. The van der Waals surface area contributed by atoms with Gasteiger partial charge in [-0.05, 0) is 25.1 Å². The Hall–Kier alpha value is -4.43. The molecule has 2 N–H and O–H groups in total. The highest BCUT2D eigenvalue weighted by atomic mass is 19.3. The van der Waals surface area contributed by atoms with Gasteiger partial charge in [-0.25, -0.2) is 17.6 Å². The Balaban J connectivity index is 1.49. The fourth-order valence-electron chi connectivity index (χ4n) is 3.38. The lowest BCUT2D eigenvalue weighted by Crippen LogP contribution is -2.20. The second kappa shape index (κ2) is 9.67. The van der Waals surface area contributed by atoms with Crippen molar-refractivity contribution in [1.29, 1.82) is 0 Å². The quantitative estimate of drug-likeness (QED) is 0.350. The van der Waals surface area contributed by atoms with Crippen LogP contribution >= 0.6 is 0 Å². The lowest BCUT2D eigenvalue weighted by Gasteiger charge is -2.08. The van der Waals surface area contributed by atoms with Crippen LogP contribution in [0.5, 0.6) is 0 Å². The van der Waals surface area contributed by atoms with E-state index < -0.39 is 42.6 Å². The van der Waals surface area contributed by atoms with E-state index in [4.69, 9.17) is 4.42 Å². The summed E-state index contributed by atoms with van der Waals surface area (Å²) in [6.07, 6.45) is -3.30. The number of amides is 2. The molecule has 4 rings (SSSR count). The van der Waals surface area contributed by atoms with E-state index >= 15 is 0 Å². The van der Waals surface area contributed by atoms with Gasteiger partial charge in [0, 0.05) is 14.1 Å². The Morgan fingerprint density at radius 2 is 1.64 bits per heavy atom. The van der Waals surface area contributed by atoms with Crippen molar-refractivity contribution >= 4 is 23.2 Å². The van der Waals surface area contributed by atoms with Crippen LogP contribution in [0.3, 0.4) is 0 Å². The fourth-order valence-corrected chi connectivity index (χ4v) is 3.38. The van der Waals surface area contributed by atoms with E-state index in [1.807, 2.05) is 0 Å². The van der Waals surface area contributed by atoms with Gasteiger partial charge < -0.3 is 15.1 Å². The number of hydrogen-bond donors (Lipinski definition) is 2. The zero-order valence-electron chi connectivity index (χ0n) is 19.2. The van der Waals surface area contributed by atoms with Gasteiger partial charge in [-0.15, -0.1) is 0 Å². The number of nitrogens with one attached hydrogen (secondary N) is 2. The molecule has 4 aromatic rings. The standard InChI is InChI=1S/C21H20F4N8O3/c1-10-13(7-26-31(10)2)28-21(35)17-14(8-27-32(17)3)29-20(34)16-5-4-11(36-16)9-33-15(19(24)25)6-12(30-33)18(22)23/h4-8,18-19H,9H2,1-3H3,(H,28,35)(H,29,34). The summed E-state index contributed by atoms with van der Waals surface area (Å²) >= 11 is 0. The summed E-state index contributed by atoms with van der Waals surface area (Å²) in [5.74, 6) is -1.47. The monoisotopic (exact) mass is 508 g/mol. The number of aromatic nitrogens is 6. The summed E-state index contributed by atoms with van der Waals surface area (Å²) in [4.78, 5) is 25.6. The molecule has 11 nitrogen and oxygen atoms in total. The van der Waals surface area contributed by atoms with Crippen molar-refractivity contribution in [3.63, 3.8) is 0 Å². The van der Waals surface area contributed by atoms with E-state index in [0.717, 1.165) is 0 Å². The summed E-state index contributed by atoms with van der Waals surface area (Å²) in [6, 6.07) is 3.23. The molecule has 0 aliphatic carbocycles. The van der Waals surface area contributed by atoms with Gasteiger partial charge in [0.15, 0.2) is 5.76 Å². The van der Waals surface area contributed by atoms with Crippen LogP contribution < -0.4 is 10.6 Å². The van der Waals surface area contributed by atoms with Crippen LogP contribution in [0.1, 0.15) is 56.7 Å². The minimum absolute atomic E-state index is 0.0298. The van der Waals surface area contributed by atoms with Gasteiger partial charge in [0.1, 0.15) is 22.8 Å². The third-order valence-electron chi connectivity index (χ3n) is 5.35. The number of hydrogen-bond acceptors (Lipinski definition) is 6. The van der Waals surface area contributed by atoms with Crippen molar-refractivity contribution in [2.24, 2.45) is 14.1 Å². The molecule has 0 saturated carbocycles. The summed E-state index contributed by atoms with van der Waals surface area (Å²) in [6.45, 7) is 1.37. The maximum absolute atomic E-state index is 13.2. The van der Waals surface area contributed by atoms with Crippen LogP contribution in [0.25, 0.3) is 0 Å². The van der Waals surface area contributed by atoms with Gasteiger partial charge in [-0.3, -0.25) is 23.6 Å². The highest BCUT2D eigenvalue weighted by Crippen LogP contribution is 2.26. The van der Waals surface area contributed by atoms with E-state index in [0.29, 0.717) is 22.1 Å². The van der Waals surface area contributed by atoms with Crippen LogP contribution in [0.15, 0.2) is 35.0 Å². The highest BCUT2D eigenvalue weighted by Gasteiger charge is 2.24. The van der Waals surface area contributed by atoms with Crippen LogP contribution in [0.2, 0.25) is 0 Å². The number of aryl methyl sites for hydroxylation is 2. The molecule has 0 atom stereocenters. The molecule has 0 unspecified atom stereocenters. The number of alkyl halides is 4. The van der Waals surface area contributed by atoms with Gasteiger partial charge in [-0.2, -0.15) is 15.3 Å². The second-order valence-electron chi connectivity index (χ2n) is 7.73. The van der Waals surface area contributed by atoms with E-state index in [1.165, 1.54) is 36.3 Å². The van der Waals surface area contributed by atoms with E-state index in [1.54, 1.807) is 18.7 Å². The molecule has 36 heavy (non-hydrogen) atoms. The summed E-state index contributed by atoms with van der Waals surface area (Å²) in [5, 5.41) is 16.8. The smallest absolute Gasteiger partial charge is 0.291 e. The Bertz CT molecular complexity index is 1420. The van der Waals surface area contributed by atoms with Crippen LogP contribution in [-0.4, -0.2) is 41.2 Å². The largest absolute Gasteiger partial charge is 0.454 e. The average Bonchev–Trinajstić information content (AvgIpc) is 3.59. The van der Waals surface area contributed by atoms with Crippen molar-refractivity contribution in [2.75, 3.05) is 10.6 Å². The van der Waals surface area contributed by atoms with Crippen molar-refractivity contribution in [2.45, 2.75) is 26.3 Å². The first kappa shape index (κ1) is 24.7. The van der Waals surface area contributed by atoms with E-state index in [2.05, 4.69) is 25.9 Å². The zero-order valence-corrected chi connectivity index (χ0v) is 19.2. The van der Waals surface area contributed by atoms with E-state index in [-0.39, 0.29) is 22.9 Å². The number of halogens is 4. The van der Waals surface area contributed by atoms with Crippen molar-refractivity contribution in [3.8, 4) is 0 Å². The first-order chi connectivity index (χ1) is 17.0. The molecule has 0 aromatic carbocycles. The Labute approximate surface area is 200 Å².